The molecule has 17 heavy (non-hydrogen) atoms. The number of nitrogens with zero attached hydrogens (tertiary/aromatic N) is 1. The van der Waals surface area contributed by atoms with Gasteiger partial charge >= 0.3 is 0 Å². The Bertz CT molecular complexity index is 366. The van der Waals surface area contributed by atoms with Gasteiger partial charge in [-0.05, 0) is 63.2 Å². The van der Waals surface area contributed by atoms with Crippen molar-refractivity contribution >= 4 is 5.69 Å². The van der Waals surface area contributed by atoms with Crippen molar-refractivity contribution in [2.75, 3.05) is 32.0 Å². The number of ether oxygens (including phenoxy) is 1. The lowest BCUT2D eigenvalue weighted by molar-refractivity contribution is -0.00765. The molecule has 1 aromatic carbocycles. The van der Waals surface area contributed by atoms with Gasteiger partial charge in [-0.2, -0.15) is 0 Å². The fourth-order valence-corrected chi connectivity index (χ4v) is 2.91. The third-order valence-electron chi connectivity index (χ3n) is 4.30. The predicted octanol–water partition coefficient (Wildman–Crippen LogP) is 2.13. The van der Waals surface area contributed by atoms with Crippen LogP contribution in [0.15, 0.2) is 24.3 Å². The minimum absolute atomic E-state index is 0.441. The maximum Gasteiger partial charge on any atom is 0.119 e. The van der Waals surface area contributed by atoms with E-state index in [0.717, 1.165) is 18.0 Å². The van der Waals surface area contributed by atoms with Crippen LogP contribution in [0.2, 0.25) is 0 Å². The second-order valence-electron chi connectivity index (χ2n) is 5.45. The molecule has 3 nitrogen and oxygen atoms in total. The largest absolute Gasteiger partial charge is 0.493 e. The van der Waals surface area contributed by atoms with Crippen LogP contribution in [0.25, 0.3) is 0 Å². The summed E-state index contributed by atoms with van der Waals surface area (Å²) in [5.41, 5.74) is 6.90. The topological polar surface area (TPSA) is 38.5 Å². The molecule has 0 aromatic heterocycles. The maximum absolute atomic E-state index is 5.95. The smallest absolute Gasteiger partial charge is 0.119 e. The van der Waals surface area contributed by atoms with Crippen molar-refractivity contribution in [3.63, 3.8) is 0 Å². The number of benzene rings is 1. The standard InChI is InChI=1S/C14H20N2O/c15-12-1-3-13(4-2-12)17-11-14-5-8-16(9-6-14)10-7-14/h1-4H,5-11,15H2. The van der Waals surface area contributed by atoms with Crippen molar-refractivity contribution in [2.45, 2.75) is 19.3 Å². The minimum Gasteiger partial charge on any atom is -0.493 e. The van der Waals surface area contributed by atoms with E-state index >= 15 is 0 Å². The molecule has 0 radical (unpaired) electrons. The van der Waals surface area contributed by atoms with Gasteiger partial charge in [0.15, 0.2) is 0 Å². The fourth-order valence-electron chi connectivity index (χ4n) is 2.91. The first kappa shape index (κ1) is 10.9. The second kappa shape index (κ2) is 4.22. The lowest BCUT2D eigenvalue weighted by Crippen LogP contribution is -2.50. The highest BCUT2D eigenvalue weighted by atomic mass is 16.5. The highest BCUT2D eigenvalue weighted by Crippen LogP contribution is 2.40. The molecule has 3 heteroatoms. The molecule has 0 aliphatic carbocycles. The van der Waals surface area contributed by atoms with Crippen LogP contribution in [0, 0.1) is 5.41 Å². The summed E-state index contributed by atoms with van der Waals surface area (Å²) in [5.74, 6) is 0.946. The van der Waals surface area contributed by atoms with Gasteiger partial charge in [0.2, 0.25) is 0 Å². The number of nitrogen functional groups attached to an aromatic ring is 1. The number of piperidine rings is 3. The summed E-state index contributed by atoms with van der Waals surface area (Å²) in [4.78, 5) is 2.56. The van der Waals surface area contributed by atoms with Gasteiger partial charge in [0.25, 0.3) is 0 Å². The van der Waals surface area contributed by atoms with Crippen LogP contribution in [0.4, 0.5) is 5.69 Å². The number of nitrogens with two attached hydrogens (primary N) is 1. The van der Waals surface area contributed by atoms with Gasteiger partial charge < -0.3 is 15.4 Å². The Hall–Kier alpha value is -1.22. The summed E-state index contributed by atoms with van der Waals surface area (Å²) in [6, 6.07) is 7.72. The van der Waals surface area contributed by atoms with E-state index in [9.17, 15) is 0 Å². The molecule has 2 bridgehead atoms. The Morgan fingerprint density at radius 3 is 2.24 bits per heavy atom. The van der Waals surface area contributed by atoms with Crippen molar-refractivity contribution in [1.29, 1.82) is 0 Å². The SMILES string of the molecule is Nc1ccc(OCC23CCN(CC2)CC3)cc1. The van der Waals surface area contributed by atoms with Gasteiger partial charge in [-0.3, -0.25) is 0 Å². The highest BCUT2D eigenvalue weighted by Gasteiger charge is 2.39. The van der Waals surface area contributed by atoms with Crippen LogP contribution < -0.4 is 10.5 Å². The highest BCUT2D eigenvalue weighted by molar-refractivity contribution is 5.41. The van der Waals surface area contributed by atoms with Crippen molar-refractivity contribution < 1.29 is 4.74 Å². The van der Waals surface area contributed by atoms with Crippen molar-refractivity contribution in [3.8, 4) is 5.75 Å². The van der Waals surface area contributed by atoms with Crippen LogP contribution in [-0.4, -0.2) is 31.1 Å². The van der Waals surface area contributed by atoms with E-state index in [1.807, 2.05) is 24.3 Å². The van der Waals surface area contributed by atoms with Crippen molar-refractivity contribution in [3.05, 3.63) is 24.3 Å². The summed E-state index contributed by atoms with van der Waals surface area (Å²) >= 11 is 0. The van der Waals surface area contributed by atoms with Gasteiger partial charge in [-0.25, -0.2) is 0 Å². The molecular formula is C14H20N2O. The molecule has 0 saturated carbocycles. The molecule has 0 spiro atoms. The minimum atomic E-state index is 0.441. The third-order valence-corrected chi connectivity index (χ3v) is 4.30. The van der Waals surface area contributed by atoms with Gasteiger partial charge in [0.05, 0.1) is 6.61 Å². The van der Waals surface area contributed by atoms with Crippen molar-refractivity contribution in [1.82, 2.24) is 4.90 Å². The zero-order valence-corrected chi connectivity index (χ0v) is 10.2. The lowest BCUT2D eigenvalue weighted by Gasteiger charge is -2.48. The molecular weight excluding hydrogens is 212 g/mol. The zero-order valence-electron chi connectivity index (χ0n) is 10.2. The molecule has 0 atom stereocenters. The number of rotatable bonds is 3. The van der Waals surface area contributed by atoms with Crippen LogP contribution >= 0.6 is 0 Å². The first-order valence-electron chi connectivity index (χ1n) is 6.47. The molecule has 0 unspecified atom stereocenters. The first-order chi connectivity index (χ1) is 8.26. The van der Waals surface area contributed by atoms with E-state index in [0.29, 0.717) is 5.41 Å². The second-order valence-corrected chi connectivity index (χ2v) is 5.45. The van der Waals surface area contributed by atoms with Crippen molar-refractivity contribution in [2.24, 2.45) is 5.41 Å². The molecule has 0 amide bonds. The van der Waals surface area contributed by atoms with Crippen LogP contribution in [0.5, 0.6) is 5.75 Å². The summed E-state index contributed by atoms with van der Waals surface area (Å²) in [6.45, 7) is 4.63. The summed E-state index contributed by atoms with van der Waals surface area (Å²) in [6.07, 6.45) is 3.88. The molecule has 3 aliphatic heterocycles. The molecule has 4 rings (SSSR count). The van der Waals surface area contributed by atoms with Gasteiger partial charge in [-0.15, -0.1) is 0 Å². The Labute approximate surface area is 103 Å². The Kier molecular flexibility index (Phi) is 2.71. The number of hydrogen-bond donors (Lipinski definition) is 1. The van der Waals surface area contributed by atoms with E-state index < -0.39 is 0 Å². The van der Waals surface area contributed by atoms with E-state index in [2.05, 4.69) is 4.90 Å². The van der Waals surface area contributed by atoms with E-state index in [1.54, 1.807) is 0 Å². The molecule has 1 aromatic rings. The Morgan fingerprint density at radius 2 is 1.65 bits per heavy atom. The number of anilines is 1. The number of fused-ring (bicyclic) bond motifs is 3. The quantitative estimate of drug-likeness (QED) is 0.811. The Balaban J connectivity index is 1.61. The Morgan fingerprint density at radius 1 is 1.06 bits per heavy atom. The first-order valence-corrected chi connectivity index (χ1v) is 6.47. The van der Waals surface area contributed by atoms with Crippen LogP contribution in [0.3, 0.4) is 0 Å². The summed E-state index contributed by atoms with van der Waals surface area (Å²) in [7, 11) is 0. The molecule has 3 fully saturated rings. The van der Waals surface area contributed by atoms with Crippen LogP contribution in [-0.2, 0) is 0 Å². The molecule has 2 N–H and O–H groups in total. The molecule has 3 heterocycles. The van der Waals surface area contributed by atoms with E-state index in [1.165, 1.54) is 38.9 Å². The fraction of sp³-hybridized carbons (Fsp3) is 0.571. The van der Waals surface area contributed by atoms with E-state index in [4.69, 9.17) is 10.5 Å². The number of hydrogen-bond acceptors (Lipinski definition) is 3. The molecule has 3 saturated heterocycles. The molecule has 92 valence electrons. The predicted molar refractivity (Wildman–Crippen MR) is 69.1 cm³/mol. The monoisotopic (exact) mass is 232 g/mol. The van der Waals surface area contributed by atoms with Gasteiger partial charge in [-0.1, -0.05) is 0 Å². The average molecular weight is 232 g/mol. The maximum atomic E-state index is 5.95. The average Bonchev–Trinajstić information content (AvgIpc) is 2.40. The molecule has 3 aliphatic rings. The zero-order chi connectivity index (χ0) is 11.7. The summed E-state index contributed by atoms with van der Waals surface area (Å²) in [5, 5.41) is 0. The van der Waals surface area contributed by atoms with Gasteiger partial charge in [0, 0.05) is 11.1 Å². The van der Waals surface area contributed by atoms with Crippen LogP contribution in [0.1, 0.15) is 19.3 Å². The van der Waals surface area contributed by atoms with Gasteiger partial charge in [0.1, 0.15) is 5.75 Å². The summed E-state index contributed by atoms with van der Waals surface area (Å²) < 4.78 is 5.95. The third kappa shape index (κ3) is 2.25. The normalized spacial score (nSPS) is 31.4. The lowest BCUT2D eigenvalue weighted by atomic mass is 9.73. The van der Waals surface area contributed by atoms with E-state index in [-0.39, 0.29) is 0 Å².